The van der Waals surface area contributed by atoms with Gasteiger partial charge in [-0.25, -0.2) is 4.79 Å². The number of para-hydroxylation sites is 1. The molecule has 0 spiro atoms. The molecule has 3 rings (SSSR count). The van der Waals surface area contributed by atoms with E-state index in [2.05, 4.69) is 5.32 Å². The number of carbonyl (C=O) groups is 2. The monoisotopic (exact) mass is 429 g/mol. The van der Waals surface area contributed by atoms with Crippen molar-refractivity contribution in [2.45, 2.75) is 26.9 Å². The van der Waals surface area contributed by atoms with E-state index < -0.39 is 36.3 Å². The highest BCUT2D eigenvalue weighted by Gasteiger charge is 2.16. The van der Waals surface area contributed by atoms with Crippen LogP contribution in [0.25, 0.3) is 10.9 Å². The molecular weight excluding hydrogens is 410 g/mol. The number of anilines is 1. The van der Waals surface area contributed by atoms with E-state index >= 15 is 0 Å². The van der Waals surface area contributed by atoms with Gasteiger partial charge in [-0.1, -0.05) is 29.8 Å². The highest BCUT2D eigenvalue weighted by Crippen LogP contribution is 2.22. The number of aromatic nitrogens is 2. The summed E-state index contributed by atoms with van der Waals surface area (Å²) in [4.78, 5) is 49.4. The molecule has 1 N–H and O–H groups in total. The zero-order valence-electron chi connectivity index (χ0n) is 16.5. The molecule has 2 aromatic carbocycles. The Kier molecular flexibility index (Phi) is 6.37. The minimum absolute atomic E-state index is 0.164. The number of benzene rings is 2. The second-order valence-electron chi connectivity index (χ2n) is 6.63. The molecule has 0 fully saturated rings. The van der Waals surface area contributed by atoms with Gasteiger partial charge in [0.1, 0.15) is 6.54 Å². The van der Waals surface area contributed by atoms with E-state index in [9.17, 15) is 19.2 Å². The summed E-state index contributed by atoms with van der Waals surface area (Å²) in [7, 11) is 0. The number of hydrogen-bond donors (Lipinski definition) is 1. The molecule has 0 atom stereocenters. The highest BCUT2D eigenvalue weighted by molar-refractivity contribution is 6.33. The van der Waals surface area contributed by atoms with E-state index in [-0.39, 0.29) is 6.54 Å². The average molecular weight is 430 g/mol. The number of halogens is 1. The van der Waals surface area contributed by atoms with E-state index in [1.165, 1.54) is 0 Å². The highest BCUT2D eigenvalue weighted by atomic mass is 35.5. The molecule has 156 valence electrons. The second kappa shape index (κ2) is 8.96. The Labute approximate surface area is 176 Å². The number of fused-ring (bicyclic) bond motifs is 1. The van der Waals surface area contributed by atoms with Gasteiger partial charge in [0, 0.05) is 6.54 Å². The summed E-state index contributed by atoms with van der Waals surface area (Å²) in [5.41, 5.74) is 0.632. The van der Waals surface area contributed by atoms with Crippen LogP contribution in [0.1, 0.15) is 12.5 Å². The first-order valence-corrected chi connectivity index (χ1v) is 9.63. The topological polar surface area (TPSA) is 99.4 Å². The van der Waals surface area contributed by atoms with Crippen molar-refractivity contribution in [1.82, 2.24) is 9.13 Å². The van der Waals surface area contributed by atoms with Crippen LogP contribution in [-0.4, -0.2) is 27.6 Å². The lowest BCUT2D eigenvalue weighted by Gasteiger charge is -2.13. The Morgan fingerprint density at radius 3 is 2.53 bits per heavy atom. The predicted molar refractivity (Wildman–Crippen MR) is 114 cm³/mol. The number of nitrogens with one attached hydrogen (secondary N) is 1. The third kappa shape index (κ3) is 4.44. The molecule has 0 saturated heterocycles. The van der Waals surface area contributed by atoms with Crippen molar-refractivity contribution in [3.8, 4) is 0 Å². The van der Waals surface area contributed by atoms with E-state index in [1.54, 1.807) is 49.4 Å². The number of amides is 1. The van der Waals surface area contributed by atoms with E-state index in [1.807, 2.05) is 6.92 Å². The molecule has 0 unspecified atom stereocenters. The van der Waals surface area contributed by atoms with Crippen LogP contribution in [0.3, 0.4) is 0 Å². The van der Waals surface area contributed by atoms with Gasteiger partial charge in [-0.15, -0.1) is 0 Å². The first kappa shape index (κ1) is 21.3. The molecule has 0 bridgehead atoms. The maximum atomic E-state index is 12.6. The minimum Gasteiger partial charge on any atom is -0.454 e. The number of carbonyl (C=O) groups excluding carboxylic acids is 2. The van der Waals surface area contributed by atoms with Crippen LogP contribution in [0.5, 0.6) is 0 Å². The SMILES string of the molecule is CCn1c(=O)c2ccccc2n(CC(=O)OCC(=O)Nc2ccc(C)cc2Cl)c1=O. The summed E-state index contributed by atoms with van der Waals surface area (Å²) in [5.74, 6) is -1.35. The largest absolute Gasteiger partial charge is 0.454 e. The van der Waals surface area contributed by atoms with Crippen LogP contribution in [0.4, 0.5) is 5.69 Å². The van der Waals surface area contributed by atoms with Crippen LogP contribution in [0, 0.1) is 6.92 Å². The quantitative estimate of drug-likeness (QED) is 0.606. The van der Waals surface area contributed by atoms with E-state index in [0.29, 0.717) is 21.6 Å². The lowest BCUT2D eigenvalue weighted by molar-refractivity contribution is -0.147. The molecule has 1 aromatic heterocycles. The molecule has 0 radical (unpaired) electrons. The zero-order valence-corrected chi connectivity index (χ0v) is 17.2. The van der Waals surface area contributed by atoms with Gasteiger partial charge in [0.15, 0.2) is 6.61 Å². The van der Waals surface area contributed by atoms with Gasteiger partial charge in [-0.05, 0) is 43.7 Å². The Morgan fingerprint density at radius 2 is 1.83 bits per heavy atom. The average Bonchev–Trinajstić information content (AvgIpc) is 2.72. The van der Waals surface area contributed by atoms with Gasteiger partial charge < -0.3 is 10.1 Å². The van der Waals surface area contributed by atoms with Crippen LogP contribution in [0.15, 0.2) is 52.1 Å². The Balaban J connectivity index is 1.74. The van der Waals surface area contributed by atoms with Crippen molar-refractivity contribution >= 4 is 40.1 Å². The lowest BCUT2D eigenvalue weighted by atomic mass is 10.2. The van der Waals surface area contributed by atoms with Crippen LogP contribution >= 0.6 is 11.6 Å². The van der Waals surface area contributed by atoms with Gasteiger partial charge in [0.2, 0.25) is 0 Å². The molecule has 1 amide bonds. The molecule has 0 aliphatic carbocycles. The third-order valence-corrected chi connectivity index (χ3v) is 4.81. The smallest absolute Gasteiger partial charge is 0.332 e. The maximum Gasteiger partial charge on any atom is 0.332 e. The number of ether oxygens (including phenoxy) is 1. The van der Waals surface area contributed by atoms with Crippen molar-refractivity contribution in [2.75, 3.05) is 11.9 Å². The normalized spacial score (nSPS) is 10.8. The number of nitrogens with zero attached hydrogens (tertiary/aromatic N) is 2. The molecule has 0 aliphatic heterocycles. The summed E-state index contributed by atoms with van der Waals surface area (Å²) >= 11 is 6.07. The van der Waals surface area contributed by atoms with Gasteiger partial charge in [-0.3, -0.25) is 23.5 Å². The molecule has 1 heterocycles. The number of esters is 1. The zero-order chi connectivity index (χ0) is 21.8. The molecular formula is C21H20ClN3O5. The fourth-order valence-electron chi connectivity index (χ4n) is 3.03. The van der Waals surface area contributed by atoms with Crippen LogP contribution in [0.2, 0.25) is 5.02 Å². The first-order valence-electron chi connectivity index (χ1n) is 9.25. The van der Waals surface area contributed by atoms with Gasteiger partial charge in [0.05, 0.1) is 21.6 Å². The second-order valence-corrected chi connectivity index (χ2v) is 7.03. The Hall–Kier alpha value is -3.39. The Bertz CT molecular complexity index is 1250. The van der Waals surface area contributed by atoms with Crippen LogP contribution < -0.4 is 16.6 Å². The number of rotatable bonds is 6. The standard InChI is InChI=1S/C21H20ClN3O5/c1-3-24-20(28)14-6-4-5-7-17(14)25(21(24)29)11-19(27)30-12-18(26)23-16-9-8-13(2)10-15(16)22/h4-10H,3,11-12H2,1-2H3,(H,23,26). The van der Waals surface area contributed by atoms with E-state index in [4.69, 9.17) is 16.3 Å². The molecule has 9 heteroatoms. The third-order valence-electron chi connectivity index (χ3n) is 4.50. The summed E-state index contributed by atoms with van der Waals surface area (Å²) in [6.07, 6.45) is 0. The first-order chi connectivity index (χ1) is 14.3. The van der Waals surface area contributed by atoms with Crippen molar-refractivity contribution in [3.05, 3.63) is 73.9 Å². The lowest BCUT2D eigenvalue weighted by Crippen LogP contribution is -2.41. The predicted octanol–water partition coefficient (Wildman–Crippen LogP) is 2.33. The maximum absolute atomic E-state index is 12.6. The number of aryl methyl sites for hydroxylation is 1. The fraction of sp³-hybridized carbons (Fsp3) is 0.238. The molecule has 0 saturated carbocycles. The van der Waals surface area contributed by atoms with Crippen molar-refractivity contribution in [1.29, 1.82) is 0 Å². The molecule has 0 aliphatic rings. The summed E-state index contributed by atoms with van der Waals surface area (Å²) in [6.45, 7) is 2.73. The summed E-state index contributed by atoms with van der Waals surface area (Å²) in [5, 5.41) is 3.25. The van der Waals surface area contributed by atoms with Crippen molar-refractivity contribution < 1.29 is 14.3 Å². The molecule has 8 nitrogen and oxygen atoms in total. The van der Waals surface area contributed by atoms with E-state index in [0.717, 1.165) is 14.7 Å². The van der Waals surface area contributed by atoms with Crippen LogP contribution in [-0.2, 0) is 27.4 Å². The Morgan fingerprint density at radius 1 is 1.10 bits per heavy atom. The van der Waals surface area contributed by atoms with Gasteiger partial charge in [0.25, 0.3) is 11.5 Å². The van der Waals surface area contributed by atoms with Crippen molar-refractivity contribution in [3.63, 3.8) is 0 Å². The van der Waals surface area contributed by atoms with Gasteiger partial charge >= 0.3 is 11.7 Å². The fourth-order valence-corrected chi connectivity index (χ4v) is 3.31. The molecule has 3 aromatic rings. The summed E-state index contributed by atoms with van der Waals surface area (Å²) < 4.78 is 7.22. The minimum atomic E-state index is -0.784. The summed E-state index contributed by atoms with van der Waals surface area (Å²) in [6, 6.07) is 11.6. The number of hydrogen-bond acceptors (Lipinski definition) is 5. The molecule has 30 heavy (non-hydrogen) atoms. The van der Waals surface area contributed by atoms with Gasteiger partial charge in [-0.2, -0.15) is 0 Å². The van der Waals surface area contributed by atoms with Crippen molar-refractivity contribution in [2.24, 2.45) is 0 Å².